The van der Waals surface area contributed by atoms with Gasteiger partial charge in [-0.2, -0.15) is 0 Å². The molecule has 3 rings (SSSR count). The second kappa shape index (κ2) is 5.17. The predicted molar refractivity (Wildman–Crippen MR) is 77.9 cm³/mol. The van der Waals surface area contributed by atoms with Crippen molar-refractivity contribution in [2.24, 2.45) is 5.41 Å². The van der Waals surface area contributed by atoms with Crippen LogP contribution < -0.4 is 10.2 Å². The minimum atomic E-state index is 0.619. The third kappa shape index (κ3) is 2.54. The van der Waals surface area contributed by atoms with Crippen LogP contribution >= 0.6 is 15.9 Å². The van der Waals surface area contributed by atoms with Crippen LogP contribution in [0, 0.1) is 5.41 Å². The lowest BCUT2D eigenvalue weighted by Gasteiger charge is -2.44. The number of pyridine rings is 1. The van der Waals surface area contributed by atoms with Crippen LogP contribution in [-0.4, -0.2) is 31.2 Å². The molecule has 0 saturated carbocycles. The highest BCUT2D eigenvalue weighted by Gasteiger charge is 2.35. The van der Waals surface area contributed by atoms with Crippen LogP contribution in [-0.2, 0) is 0 Å². The van der Waals surface area contributed by atoms with Crippen LogP contribution in [0.4, 0.5) is 5.82 Å². The van der Waals surface area contributed by atoms with Gasteiger partial charge < -0.3 is 10.2 Å². The second-order valence-corrected chi connectivity index (χ2v) is 6.37. The SMILES string of the molecule is Brc1cccc(N2CCC3(CCNCC3)CC2)n1. The largest absolute Gasteiger partial charge is 0.357 e. The Kier molecular flexibility index (Phi) is 3.57. The van der Waals surface area contributed by atoms with Crippen molar-refractivity contribution in [2.45, 2.75) is 25.7 Å². The van der Waals surface area contributed by atoms with Crippen molar-refractivity contribution in [2.75, 3.05) is 31.1 Å². The van der Waals surface area contributed by atoms with E-state index in [1.165, 1.54) is 38.8 Å². The highest BCUT2D eigenvalue weighted by atomic mass is 79.9. The zero-order valence-electron chi connectivity index (χ0n) is 10.7. The molecule has 3 heterocycles. The average Bonchev–Trinajstić information content (AvgIpc) is 2.40. The van der Waals surface area contributed by atoms with E-state index in [1.807, 2.05) is 6.07 Å². The minimum Gasteiger partial charge on any atom is -0.357 e. The van der Waals surface area contributed by atoms with Gasteiger partial charge in [0.2, 0.25) is 0 Å². The minimum absolute atomic E-state index is 0.619. The van der Waals surface area contributed by atoms with Gasteiger partial charge >= 0.3 is 0 Å². The molecule has 2 saturated heterocycles. The Morgan fingerprint density at radius 3 is 2.50 bits per heavy atom. The predicted octanol–water partition coefficient (Wildman–Crippen LogP) is 2.81. The van der Waals surface area contributed by atoms with E-state index in [2.05, 4.69) is 43.3 Å². The van der Waals surface area contributed by atoms with Gasteiger partial charge in [-0.15, -0.1) is 0 Å². The molecule has 2 fully saturated rings. The Balaban J connectivity index is 1.66. The molecular weight excluding hydrogens is 290 g/mol. The number of halogens is 1. The fourth-order valence-electron chi connectivity index (χ4n) is 3.24. The number of hydrogen-bond donors (Lipinski definition) is 1. The molecule has 0 atom stereocenters. The average molecular weight is 310 g/mol. The summed E-state index contributed by atoms with van der Waals surface area (Å²) in [5, 5.41) is 3.47. The number of nitrogens with one attached hydrogen (secondary N) is 1. The monoisotopic (exact) mass is 309 g/mol. The maximum absolute atomic E-state index is 4.56. The summed E-state index contributed by atoms with van der Waals surface area (Å²) >= 11 is 3.45. The van der Waals surface area contributed by atoms with Gasteiger partial charge in [0.1, 0.15) is 10.4 Å². The van der Waals surface area contributed by atoms with E-state index >= 15 is 0 Å². The molecule has 0 radical (unpaired) electrons. The molecule has 2 aliphatic heterocycles. The first-order chi connectivity index (χ1) is 8.77. The molecular formula is C14H20BrN3. The zero-order valence-corrected chi connectivity index (χ0v) is 12.2. The van der Waals surface area contributed by atoms with Gasteiger partial charge in [0, 0.05) is 13.1 Å². The molecule has 3 nitrogen and oxygen atoms in total. The lowest BCUT2D eigenvalue weighted by molar-refractivity contribution is 0.154. The maximum Gasteiger partial charge on any atom is 0.129 e. The molecule has 0 bridgehead atoms. The third-order valence-corrected chi connectivity index (χ3v) is 4.95. The number of aromatic nitrogens is 1. The standard InChI is InChI=1S/C14H20BrN3/c15-12-2-1-3-13(17-12)18-10-6-14(7-11-18)4-8-16-9-5-14/h1-3,16H,4-11H2. The quantitative estimate of drug-likeness (QED) is 0.809. The Bertz CT molecular complexity index is 405. The molecule has 18 heavy (non-hydrogen) atoms. The Hall–Kier alpha value is -0.610. The highest BCUT2D eigenvalue weighted by molar-refractivity contribution is 9.10. The second-order valence-electron chi connectivity index (χ2n) is 5.56. The van der Waals surface area contributed by atoms with Crippen molar-refractivity contribution >= 4 is 21.7 Å². The molecule has 1 aromatic rings. The lowest BCUT2D eigenvalue weighted by Crippen LogP contribution is -2.45. The third-order valence-electron chi connectivity index (χ3n) is 4.51. The van der Waals surface area contributed by atoms with Crippen LogP contribution in [0.1, 0.15) is 25.7 Å². The van der Waals surface area contributed by atoms with Crippen LogP contribution in [0.2, 0.25) is 0 Å². The summed E-state index contributed by atoms with van der Waals surface area (Å²) in [6.07, 6.45) is 5.35. The van der Waals surface area contributed by atoms with E-state index in [-0.39, 0.29) is 0 Å². The number of hydrogen-bond acceptors (Lipinski definition) is 3. The molecule has 0 aromatic carbocycles. The summed E-state index contributed by atoms with van der Waals surface area (Å²) in [7, 11) is 0. The number of nitrogens with zero attached hydrogens (tertiary/aromatic N) is 2. The van der Waals surface area contributed by atoms with Gasteiger partial charge in [-0.05, 0) is 72.3 Å². The van der Waals surface area contributed by atoms with Gasteiger partial charge in [-0.3, -0.25) is 0 Å². The van der Waals surface area contributed by atoms with E-state index in [4.69, 9.17) is 0 Å². The molecule has 0 amide bonds. The van der Waals surface area contributed by atoms with Gasteiger partial charge in [-0.25, -0.2) is 4.98 Å². The number of piperidine rings is 2. The molecule has 0 aliphatic carbocycles. The van der Waals surface area contributed by atoms with Crippen molar-refractivity contribution < 1.29 is 0 Å². The van der Waals surface area contributed by atoms with E-state index in [9.17, 15) is 0 Å². The summed E-state index contributed by atoms with van der Waals surface area (Å²) in [5.74, 6) is 1.12. The van der Waals surface area contributed by atoms with E-state index in [1.54, 1.807) is 0 Å². The smallest absolute Gasteiger partial charge is 0.129 e. The fourth-order valence-corrected chi connectivity index (χ4v) is 3.58. The van der Waals surface area contributed by atoms with E-state index in [0.717, 1.165) is 23.5 Å². The van der Waals surface area contributed by atoms with Crippen LogP contribution in [0.15, 0.2) is 22.8 Å². The number of anilines is 1. The van der Waals surface area contributed by atoms with Crippen molar-refractivity contribution in [1.29, 1.82) is 0 Å². The Morgan fingerprint density at radius 2 is 1.83 bits per heavy atom. The first-order valence-corrected chi connectivity index (χ1v) is 7.65. The first-order valence-electron chi connectivity index (χ1n) is 6.86. The highest BCUT2D eigenvalue weighted by Crippen LogP contribution is 2.40. The molecule has 2 aliphatic rings. The molecule has 1 spiro atoms. The van der Waals surface area contributed by atoms with Crippen molar-refractivity contribution in [1.82, 2.24) is 10.3 Å². The lowest BCUT2D eigenvalue weighted by atomic mass is 9.71. The first kappa shape index (κ1) is 12.4. The Labute approximate surface area is 117 Å². The van der Waals surface area contributed by atoms with Gasteiger partial charge in [0.15, 0.2) is 0 Å². The van der Waals surface area contributed by atoms with Gasteiger partial charge in [0.25, 0.3) is 0 Å². The van der Waals surface area contributed by atoms with E-state index < -0.39 is 0 Å². The Morgan fingerprint density at radius 1 is 1.11 bits per heavy atom. The van der Waals surface area contributed by atoms with Gasteiger partial charge in [0.05, 0.1) is 0 Å². The summed E-state index contributed by atoms with van der Waals surface area (Å²) in [4.78, 5) is 6.99. The van der Waals surface area contributed by atoms with E-state index in [0.29, 0.717) is 5.41 Å². The summed E-state index contributed by atoms with van der Waals surface area (Å²) < 4.78 is 0.933. The molecule has 98 valence electrons. The summed E-state index contributed by atoms with van der Waals surface area (Å²) in [6.45, 7) is 4.72. The maximum atomic E-state index is 4.56. The molecule has 0 unspecified atom stereocenters. The molecule has 4 heteroatoms. The van der Waals surface area contributed by atoms with Crippen LogP contribution in [0.5, 0.6) is 0 Å². The molecule has 1 aromatic heterocycles. The zero-order chi connectivity index (χ0) is 12.4. The van der Waals surface area contributed by atoms with Crippen LogP contribution in [0.25, 0.3) is 0 Å². The summed E-state index contributed by atoms with van der Waals surface area (Å²) in [6, 6.07) is 6.17. The van der Waals surface area contributed by atoms with Crippen molar-refractivity contribution in [3.63, 3.8) is 0 Å². The normalized spacial score (nSPS) is 23.3. The van der Waals surface area contributed by atoms with Crippen LogP contribution in [0.3, 0.4) is 0 Å². The summed E-state index contributed by atoms with van der Waals surface area (Å²) in [5.41, 5.74) is 0.619. The topological polar surface area (TPSA) is 28.2 Å². The van der Waals surface area contributed by atoms with Crippen molar-refractivity contribution in [3.8, 4) is 0 Å². The molecule has 1 N–H and O–H groups in total. The van der Waals surface area contributed by atoms with Gasteiger partial charge in [-0.1, -0.05) is 6.07 Å². The van der Waals surface area contributed by atoms with Crippen molar-refractivity contribution in [3.05, 3.63) is 22.8 Å². The number of rotatable bonds is 1. The fraction of sp³-hybridized carbons (Fsp3) is 0.643.